The van der Waals surface area contributed by atoms with Gasteiger partial charge in [0.15, 0.2) is 5.58 Å². The standard InChI is InChI=1S/C32H19N3O/c33-20-21-11-14-25(15-12-21)35-29-18-13-24(22-7-3-1-4-8-22)19-27(29)26-16-17-28-31(30(26)35)36-32(34-28)23-9-5-2-6-10-23/h1-19H. The molecule has 0 radical (unpaired) electrons. The number of hydrogen-bond acceptors (Lipinski definition) is 3. The van der Waals surface area contributed by atoms with E-state index >= 15 is 0 Å². The molecule has 4 nitrogen and oxygen atoms in total. The third-order valence-corrected chi connectivity index (χ3v) is 6.67. The van der Waals surface area contributed by atoms with Gasteiger partial charge >= 0.3 is 0 Å². The lowest BCUT2D eigenvalue weighted by Gasteiger charge is -2.08. The van der Waals surface area contributed by atoms with Crippen LogP contribution >= 0.6 is 0 Å². The molecule has 7 rings (SSSR count). The van der Waals surface area contributed by atoms with Crippen LogP contribution in [-0.4, -0.2) is 9.55 Å². The Morgan fingerprint density at radius 2 is 1.39 bits per heavy atom. The summed E-state index contributed by atoms with van der Waals surface area (Å²) in [5, 5.41) is 11.5. The molecule has 0 aliphatic heterocycles. The highest BCUT2D eigenvalue weighted by atomic mass is 16.3. The van der Waals surface area contributed by atoms with Crippen LogP contribution in [0.4, 0.5) is 0 Å². The molecule has 5 aromatic carbocycles. The summed E-state index contributed by atoms with van der Waals surface area (Å²) < 4.78 is 8.65. The van der Waals surface area contributed by atoms with Gasteiger partial charge in [-0.25, -0.2) is 4.98 Å². The Bertz CT molecular complexity index is 1890. The summed E-state index contributed by atoms with van der Waals surface area (Å²) in [6.45, 7) is 0. The molecule has 0 unspecified atom stereocenters. The first-order chi connectivity index (χ1) is 17.8. The maximum atomic E-state index is 9.31. The quantitative estimate of drug-likeness (QED) is 0.267. The first-order valence-corrected chi connectivity index (χ1v) is 11.8. The molecule has 4 heteroatoms. The van der Waals surface area contributed by atoms with Crippen LogP contribution < -0.4 is 0 Å². The van der Waals surface area contributed by atoms with Crippen molar-refractivity contribution in [2.75, 3.05) is 0 Å². The van der Waals surface area contributed by atoms with E-state index in [1.807, 2.05) is 66.7 Å². The number of hydrogen-bond donors (Lipinski definition) is 0. The van der Waals surface area contributed by atoms with Gasteiger partial charge in [-0.2, -0.15) is 5.26 Å². The Balaban J connectivity index is 1.57. The van der Waals surface area contributed by atoms with Crippen LogP contribution in [0.15, 0.2) is 120 Å². The largest absolute Gasteiger partial charge is 0.434 e. The second-order valence-corrected chi connectivity index (χ2v) is 8.79. The maximum Gasteiger partial charge on any atom is 0.227 e. The van der Waals surface area contributed by atoms with Crippen molar-refractivity contribution < 1.29 is 4.42 Å². The molecule has 2 heterocycles. The van der Waals surface area contributed by atoms with E-state index in [4.69, 9.17) is 9.40 Å². The highest BCUT2D eigenvalue weighted by Crippen LogP contribution is 2.39. The van der Waals surface area contributed by atoms with Crippen molar-refractivity contribution in [1.29, 1.82) is 5.26 Å². The summed E-state index contributed by atoms with van der Waals surface area (Å²) in [6.07, 6.45) is 0. The number of rotatable bonds is 3. The Morgan fingerprint density at radius 3 is 2.11 bits per heavy atom. The normalized spacial score (nSPS) is 11.3. The monoisotopic (exact) mass is 461 g/mol. The van der Waals surface area contributed by atoms with E-state index in [1.165, 1.54) is 5.56 Å². The Kier molecular flexibility index (Phi) is 4.48. The van der Waals surface area contributed by atoms with Crippen LogP contribution in [0.1, 0.15) is 5.56 Å². The summed E-state index contributed by atoms with van der Waals surface area (Å²) in [5.41, 5.74) is 8.44. The van der Waals surface area contributed by atoms with Crippen molar-refractivity contribution in [3.8, 4) is 34.3 Å². The van der Waals surface area contributed by atoms with Crippen molar-refractivity contribution in [2.45, 2.75) is 0 Å². The van der Waals surface area contributed by atoms with Crippen LogP contribution in [0.2, 0.25) is 0 Å². The zero-order valence-corrected chi connectivity index (χ0v) is 19.2. The van der Waals surface area contributed by atoms with Crippen LogP contribution in [0.25, 0.3) is 61.2 Å². The average molecular weight is 462 g/mol. The molecular formula is C32H19N3O. The second kappa shape index (κ2) is 7.97. The van der Waals surface area contributed by atoms with Gasteiger partial charge in [0.05, 0.1) is 22.7 Å². The predicted molar refractivity (Wildman–Crippen MR) is 144 cm³/mol. The molecule has 36 heavy (non-hydrogen) atoms. The summed E-state index contributed by atoms with van der Waals surface area (Å²) in [6, 6.07) is 41.0. The summed E-state index contributed by atoms with van der Waals surface area (Å²) >= 11 is 0. The molecule has 0 spiro atoms. The summed E-state index contributed by atoms with van der Waals surface area (Å²) in [5.74, 6) is 0.597. The van der Waals surface area contributed by atoms with Crippen LogP contribution in [-0.2, 0) is 0 Å². The maximum absolute atomic E-state index is 9.31. The number of aromatic nitrogens is 2. The van der Waals surface area contributed by atoms with E-state index in [1.54, 1.807) is 0 Å². The highest BCUT2D eigenvalue weighted by molar-refractivity contribution is 6.17. The number of nitriles is 1. The molecule has 0 amide bonds. The average Bonchev–Trinajstić information content (AvgIpc) is 3.53. The van der Waals surface area contributed by atoms with Crippen molar-refractivity contribution in [3.63, 3.8) is 0 Å². The number of oxazole rings is 1. The molecule has 0 bridgehead atoms. The molecule has 0 N–H and O–H groups in total. The minimum Gasteiger partial charge on any atom is -0.434 e. The lowest BCUT2D eigenvalue weighted by molar-refractivity contribution is 0.622. The van der Waals surface area contributed by atoms with Crippen LogP contribution in [0.5, 0.6) is 0 Å². The van der Waals surface area contributed by atoms with E-state index < -0.39 is 0 Å². The van der Waals surface area contributed by atoms with Crippen LogP contribution in [0, 0.1) is 11.3 Å². The molecular weight excluding hydrogens is 442 g/mol. The third-order valence-electron chi connectivity index (χ3n) is 6.67. The summed E-state index contributed by atoms with van der Waals surface area (Å²) in [4.78, 5) is 4.81. The first kappa shape index (κ1) is 20.3. The highest BCUT2D eigenvalue weighted by Gasteiger charge is 2.20. The van der Waals surface area contributed by atoms with Gasteiger partial charge < -0.3 is 8.98 Å². The van der Waals surface area contributed by atoms with Gasteiger partial charge in [0.25, 0.3) is 0 Å². The molecule has 0 aliphatic carbocycles. The lowest BCUT2D eigenvalue weighted by atomic mass is 10.0. The molecule has 0 saturated heterocycles. The topological polar surface area (TPSA) is 54.8 Å². The minimum atomic E-state index is 0.597. The number of benzene rings is 5. The van der Waals surface area contributed by atoms with Crippen molar-refractivity contribution in [1.82, 2.24) is 9.55 Å². The van der Waals surface area contributed by atoms with Gasteiger partial charge in [-0.3, -0.25) is 0 Å². The molecule has 7 aromatic rings. The van der Waals surface area contributed by atoms with Gasteiger partial charge in [-0.1, -0.05) is 54.6 Å². The smallest absolute Gasteiger partial charge is 0.227 e. The van der Waals surface area contributed by atoms with Gasteiger partial charge in [0.1, 0.15) is 5.52 Å². The number of nitrogens with zero attached hydrogens (tertiary/aromatic N) is 3. The molecule has 0 aliphatic rings. The molecule has 0 saturated carbocycles. The van der Waals surface area contributed by atoms with E-state index in [2.05, 4.69) is 59.2 Å². The Morgan fingerprint density at radius 1 is 0.667 bits per heavy atom. The fourth-order valence-electron chi connectivity index (χ4n) is 4.95. The second-order valence-electron chi connectivity index (χ2n) is 8.79. The fourth-order valence-corrected chi connectivity index (χ4v) is 4.95. The fraction of sp³-hybridized carbons (Fsp3) is 0. The van der Waals surface area contributed by atoms with E-state index in [0.29, 0.717) is 11.5 Å². The van der Waals surface area contributed by atoms with Gasteiger partial charge in [-0.05, 0) is 71.8 Å². The Hall–Kier alpha value is -5.14. The van der Waals surface area contributed by atoms with Gasteiger partial charge in [0.2, 0.25) is 5.89 Å². The lowest BCUT2D eigenvalue weighted by Crippen LogP contribution is -1.94. The van der Waals surface area contributed by atoms with E-state index in [9.17, 15) is 5.26 Å². The number of fused-ring (bicyclic) bond motifs is 5. The molecule has 2 aromatic heterocycles. The van der Waals surface area contributed by atoms with E-state index in [0.717, 1.165) is 49.7 Å². The molecule has 168 valence electrons. The predicted octanol–water partition coefficient (Wildman–Crippen LogP) is 8.13. The van der Waals surface area contributed by atoms with Crippen molar-refractivity contribution in [3.05, 3.63) is 121 Å². The zero-order valence-electron chi connectivity index (χ0n) is 19.2. The van der Waals surface area contributed by atoms with Gasteiger partial charge in [0, 0.05) is 22.0 Å². The zero-order chi connectivity index (χ0) is 24.1. The van der Waals surface area contributed by atoms with Crippen molar-refractivity contribution in [2.24, 2.45) is 0 Å². The SMILES string of the molecule is N#Cc1ccc(-n2c3ccc(-c4ccccc4)cc3c3ccc4nc(-c5ccccc5)oc4c32)cc1. The summed E-state index contributed by atoms with van der Waals surface area (Å²) in [7, 11) is 0. The Labute approximate surface area is 207 Å². The van der Waals surface area contributed by atoms with Crippen LogP contribution in [0.3, 0.4) is 0 Å². The minimum absolute atomic E-state index is 0.597. The molecule has 0 fully saturated rings. The molecule has 0 atom stereocenters. The van der Waals surface area contributed by atoms with Crippen molar-refractivity contribution >= 4 is 32.9 Å². The van der Waals surface area contributed by atoms with Gasteiger partial charge in [-0.15, -0.1) is 0 Å². The van der Waals surface area contributed by atoms with E-state index in [-0.39, 0.29) is 0 Å². The third kappa shape index (κ3) is 3.11. The first-order valence-electron chi connectivity index (χ1n) is 11.8.